The Morgan fingerprint density at radius 3 is 2.12 bits per heavy atom. The zero-order valence-corrected chi connectivity index (χ0v) is 13.7. The van der Waals surface area contributed by atoms with Crippen molar-refractivity contribution >= 4 is 0 Å². The van der Waals surface area contributed by atoms with Crippen LogP contribution in [-0.4, -0.2) is 14.7 Å². The number of rotatable bonds is 3. The van der Waals surface area contributed by atoms with Gasteiger partial charge in [-0.2, -0.15) is 13.2 Å². The van der Waals surface area contributed by atoms with Gasteiger partial charge in [0.2, 0.25) is 0 Å². The van der Waals surface area contributed by atoms with Gasteiger partial charge in [0.1, 0.15) is 6.10 Å². The van der Waals surface area contributed by atoms with E-state index in [1.165, 1.54) is 30.6 Å². The van der Waals surface area contributed by atoms with Crippen molar-refractivity contribution in [1.82, 2.24) is 9.55 Å². The minimum atomic E-state index is -4.58. The average molecular weight is 346 g/mol. The topological polar surface area (TPSA) is 38.0 Å². The molecule has 1 N–H and O–H groups in total. The molecule has 0 aliphatic carbocycles. The van der Waals surface area contributed by atoms with Crippen LogP contribution in [0.2, 0.25) is 0 Å². The number of hydrogen-bond donors (Lipinski definition) is 1. The number of aromatic nitrogens is 2. The van der Waals surface area contributed by atoms with Gasteiger partial charge in [0.25, 0.3) is 0 Å². The van der Waals surface area contributed by atoms with Crippen LogP contribution in [0.5, 0.6) is 0 Å². The highest BCUT2D eigenvalue weighted by atomic mass is 19.4. The van der Waals surface area contributed by atoms with Crippen molar-refractivity contribution in [3.63, 3.8) is 0 Å². The number of aryl methyl sites for hydroxylation is 2. The Morgan fingerprint density at radius 2 is 1.56 bits per heavy atom. The maximum Gasteiger partial charge on any atom is 0.416 e. The molecular formula is C19H17F3N2O. The number of aliphatic hydroxyl groups is 1. The minimum absolute atomic E-state index is 0.176. The monoisotopic (exact) mass is 346 g/mol. The summed E-state index contributed by atoms with van der Waals surface area (Å²) in [5.41, 5.74) is 1.44. The quantitative estimate of drug-likeness (QED) is 0.753. The summed E-state index contributed by atoms with van der Waals surface area (Å²) in [5.74, 6) is 0. The number of halogens is 3. The second-order valence-corrected chi connectivity index (χ2v) is 5.90. The molecule has 25 heavy (non-hydrogen) atoms. The Balaban J connectivity index is 2.15. The minimum Gasteiger partial charge on any atom is -0.384 e. The molecule has 3 rings (SSSR count). The van der Waals surface area contributed by atoms with Crippen molar-refractivity contribution in [1.29, 1.82) is 0 Å². The second kappa shape index (κ2) is 6.37. The van der Waals surface area contributed by atoms with Crippen LogP contribution in [0.1, 0.15) is 34.2 Å². The molecule has 0 fully saturated rings. The largest absolute Gasteiger partial charge is 0.416 e. The van der Waals surface area contributed by atoms with Gasteiger partial charge in [-0.05, 0) is 61.4 Å². The molecule has 6 heteroatoms. The first-order valence-electron chi connectivity index (χ1n) is 7.73. The van der Waals surface area contributed by atoms with Gasteiger partial charge in [0.15, 0.2) is 0 Å². The number of alkyl halides is 3. The molecule has 2 aromatic heterocycles. The highest BCUT2D eigenvalue weighted by Gasteiger charge is 2.35. The summed E-state index contributed by atoms with van der Waals surface area (Å²) in [7, 11) is 0. The lowest BCUT2D eigenvalue weighted by molar-refractivity contribution is -0.139. The van der Waals surface area contributed by atoms with E-state index < -0.39 is 17.8 Å². The van der Waals surface area contributed by atoms with E-state index in [4.69, 9.17) is 0 Å². The normalized spacial score (nSPS) is 13.0. The van der Waals surface area contributed by atoms with Gasteiger partial charge in [-0.3, -0.25) is 4.98 Å². The first kappa shape index (κ1) is 17.2. The van der Waals surface area contributed by atoms with E-state index in [1.807, 2.05) is 26.0 Å². The molecule has 0 amide bonds. The van der Waals surface area contributed by atoms with E-state index in [0.717, 1.165) is 17.5 Å². The summed E-state index contributed by atoms with van der Waals surface area (Å²) in [6.07, 6.45) is -3.08. The molecule has 3 nitrogen and oxygen atoms in total. The summed E-state index contributed by atoms with van der Waals surface area (Å²) >= 11 is 0. The smallest absolute Gasteiger partial charge is 0.384 e. The summed E-state index contributed by atoms with van der Waals surface area (Å²) in [6.45, 7) is 3.67. The van der Waals surface area contributed by atoms with Gasteiger partial charge in [-0.25, -0.2) is 0 Å². The summed E-state index contributed by atoms with van der Waals surface area (Å²) in [6, 6.07) is 10.7. The fourth-order valence-corrected chi connectivity index (χ4v) is 2.97. The highest BCUT2D eigenvalue weighted by molar-refractivity contribution is 5.47. The van der Waals surface area contributed by atoms with E-state index in [1.54, 1.807) is 10.6 Å². The molecule has 130 valence electrons. The number of nitrogens with zero attached hydrogens (tertiary/aromatic N) is 2. The molecule has 0 spiro atoms. The Kier molecular flexibility index (Phi) is 4.39. The van der Waals surface area contributed by atoms with E-state index in [-0.39, 0.29) is 5.56 Å². The Labute approximate surface area is 143 Å². The van der Waals surface area contributed by atoms with Gasteiger partial charge in [0.05, 0.1) is 5.56 Å². The molecule has 0 radical (unpaired) electrons. The van der Waals surface area contributed by atoms with Crippen molar-refractivity contribution in [2.75, 3.05) is 0 Å². The number of hydrogen-bond acceptors (Lipinski definition) is 2. The van der Waals surface area contributed by atoms with Crippen LogP contribution in [0.15, 0.2) is 54.9 Å². The number of pyridine rings is 1. The zero-order valence-electron chi connectivity index (χ0n) is 13.7. The molecule has 0 saturated carbocycles. The third-order valence-electron chi connectivity index (χ3n) is 4.19. The number of aliphatic hydroxyl groups excluding tert-OH is 1. The van der Waals surface area contributed by atoms with Crippen molar-refractivity contribution in [3.05, 3.63) is 82.9 Å². The van der Waals surface area contributed by atoms with Crippen LogP contribution in [-0.2, 0) is 6.18 Å². The molecule has 1 atom stereocenters. The first-order valence-corrected chi connectivity index (χ1v) is 7.73. The third kappa shape index (κ3) is 3.30. The van der Waals surface area contributed by atoms with Crippen LogP contribution >= 0.6 is 0 Å². The Morgan fingerprint density at radius 1 is 0.960 bits per heavy atom. The van der Waals surface area contributed by atoms with Crippen LogP contribution in [0.3, 0.4) is 0 Å². The highest BCUT2D eigenvalue weighted by Crippen LogP contribution is 2.38. The lowest BCUT2D eigenvalue weighted by Crippen LogP contribution is -2.14. The van der Waals surface area contributed by atoms with E-state index >= 15 is 0 Å². The van der Waals surface area contributed by atoms with E-state index in [0.29, 0.717) is 11.3 Å². The van der Waals surface area contributed by atoms with Crippen LogP contribution in [0, 0.1) is 13.8 Å². The van der Waals surface area contributed by atoms with Crippen LogP contribution in [0.25, 0.3) is 5.69 Å². The fraction of sp³-hybridized carbons (Fsp3) is 0.211. The third-order valence-corrected chi connectivity index (χ3v) is 4.19. The molecule has 1 aromatic carbocycles. The standard InChI is InChI=1S/C19H17F3N2O/c1-12-3-4-13(2)24(12)15-5-6-16(17(11-15)19(20,21)22)18(25)14-7-9-23-10-8-14/h3-11,18,25H,1-2H3. The van der Waals surface area contributed by atoms with Crippen molar-refractivity contribution in [3.8, 4) is 5.69 Å². The average Bonchev–Trinajstić information content (AvgIpc) is 2.92. The van der Waals surface area contributed by atoms with Crippen molar-refractivity contribution in [2.24, 2.45) is 0 Å². The second-order valence-electron chi connectivity index (χ2n) is 5.90. The molecule has 0 aliphatic rings. The number of benzene rings is 1. The van der Waals surface area contributed by atoms with Gasteiger partial charge in [-0.15, -0.1) is 0 Å². The maximum atomic E-state index is 13.6. The molecule has 3 aromatic rings. The molecule has 0 aliphatic heterocycles. The van der Waals surface area contributed by atoms with Crippen LogP contribution in [0.4, 0.5) is 13.2 Å². The molecule has 1 unspecified atom stereocenters. The van der Waals surface area contributed by atoms with Crippen molar-refractivity contribution < 1.29 is 18.3 Å². The van der Waals surface area contributed by atoms with E-state index in [9.17, 15) is 18.3 Å². The van der Waals surface area contributed by atoms with Gasteiger partial charge >= 0.3 is 6.18 Å². The molecule has 0 saturated heterocycles. The summed E-state index contributed by atoms with van der Waals surface area (Å²) in [4.78, 5) is 3.82. The van der Waals surface area contributed by atoms with Gasteiger partial charge in [0, 0.05) is 29.5 Å². The Bertz CT molecular complexity index is 866. The lowest BCUT2D eigenvalue weighted by Gasteiger charge is -2.20. The van der Waals surface area contributed by atoms with Gasteiger partial charge in [-0.1, -0.05) is 6.07 Å². The molecule has 0 bridgehead atoms. The maximum absolute atomic E-state index is 13.6. The lowest BCUT2D eigenvalue weighted by atomic mass is 9.96. The zero-order chi connectivity index (χ0) is 18.2. The van der Waals surface area contributed by atoms with Crippen LogP contribution < -0.4 is 0 Å². The van der Waals surface area contributed by atoms with Crippen molar-refractivity contribution in [2.45, 2.75) is 26.1 Å². The SMILES string of the molecule is Cc1ccc(C)n1-c1ccc(C(O)c2ccncc2)c(C(F)(F)F)c1. The summed E-state index contributed by atoms with van der Waals surface area (Å²) in [5, 5.41) is 10.4. The Hall–Kier alpha value is -2.60. The first-order chi connectivity index (χ1) is 11.8. The summed E-state index contributed by atoms with van der Waals surface area (Å²) < 4.78 is 42.6. The van der Waals surface area contributed by atoms with E-state index in [2.05, 4.69) is 4.98 Å². The molecule has 2 heterocycles. The molecular weight excluding hydrogens is 329 g/mol. The predicted molar refractivity (Wildman–Crippen MR) is 88.5 cm³/mol. The van der Waals surface area contributed by atoms with Gasteiger partial charge < -0.3 is 9.67 Å². The predicted octanol–water partition coefficient (Wildman–Crippen LogP) is 4.59. The fourth-order valence-electron chi connectivity index (χ4n) is 2.97.